The molecule has 0 radical (unpaired) electrons. The van der Waals surface area contributed by atoms with Gasteiger partial charge in [0.1, 0.15) is 9.88 Å². The summed E-state index contributed by atoms with van der Waals surface area (Å²) in [4.78, 5) is 22.5. The highest BCUT2D eigenvalue weighted by Gasteiger charge is 2.17. The SMILES string of the molecule is Cc1nc(-c2cncc(Cl)c2)sc1C(=O)N(C)C. The lowest BCUT2D eigenvalue weighted by atomic mass is 10.3. The Kier molecular flexibility index (Phi) is 3.63. The van der Waals surface area contributed by atoms with E-state index in [1.807, 2.05) is 6.92 Å². The minimum atomic E-state index is -0.0359. The quantitative estimate of drug-likeness (QED) is 0.850. The number of carbonyl (C=O) groups excluding carboxylic acids is 1. The van der Waals surface area contributed by atoms with Crippen LogP contribution in [0.2, 0.25) is 5.02 Å². The second-order valence-corrected chi connectivity index (χ2v) is 5.46. The van der Waals surface area contributed by atoms with Crippen molar-refractivity contribution in [2.75, 3.05) is 14.1 Å². The van der Waals surface area contributed by atoms with Crippen molar-refractivity contribution in [2.24, 2.45) is 0 Å². The van der Waals surface area contributed by atoms with E-state index in [4.69, 9.17) is 11.6 Å². The molecule has 1 amide bonds. The van der Waals surface area contributed by atoms with Crippen molar-refractivity contribution in [2.45, 2.75) is 6.92 Å². The maximum atomic E-state index is 11.9. The first-order valence-corrected chi connectivity index (χ1v) is 6.48. The number of hydrogen-bond acceptors (Lipinski definition) is 4. The van der Waals surface area contributed by atoms with E-state index in [0.717, 1.165) is 16.3 Å². The van der Waals surface area contributed by atoms with Crippen molar-refractivity contribution in [3.8, 4) is 10.6 Å². The molecule has 6 heteroatoms. The van der Waals surface area contributed by atoms with Crippen molar-refractivity contribution in [1.82, 2.24) is 14.9 Å². The minimum Gasteiger partial charge on any atom is -0.344 e. The molecule has 0 aliphatic rings. The van der Waals surface area contributed by atoms with Gasteiger partial charge in [0, 0.05) is 32.1 Å². The molecule has 0 aliphatic carbocycles. The van der Waals surface area contributed by atoms with Crippen LogP contribution >= 0.6 is 22.9 Å². The number of thiazole rings is 1. The molecule has 4 nitrogen and oxygen atoms in total. The van der Waals surface area contributed by atoms with Crippen molar-refractivity contribution < 1.29 is 4.79 Å². The molecule has 0 saturated carbocycles. The van der Waals surface area contributed by atoms with Gasteiger partial charge < -0.3 is 4.90 Å². The van der Waals surface area contributed by atoms with Gasteiger partial charge in [-0.3, -0.25) is 9.78 Å². The van der Waals surface area contributed by atoms with Crippen LogP contribution in [-0.4, -0.2) is 34.9 Å². The maximum absolute atomic E-state index is 11.9. The van der Waals surface area contributed by atoms with E-state index in [1.54, 1.807) is 37.5 Å². The zero-order valence-electron chi connectivity index (χ0n) is 10.3. The largest absolute Gasteiger partial charge is 0.344 e. The molecule has 0 aliphatic heterocycles. The maximum Gasteiger partial charge on any atom is 0.265 e. The van der Waals surface area contributed by atoms with Gasteiger partial charge in [-0.05, 0) is 13.0 Å². The fraction of sp³-hybridized carbons (Fsp3) is 0.250. The van der Waals surface area contributed by atoms with Crippen LogP contribution in [0.5, 0.6) is 0 Å². The summed E-state index contributed by atoms with van der Waals surface area (Å²) in [6, 6.07) is 1.79. The summed E-state index contributed by atoms with van der Waals surface area (Å²) in [5.74, 6) is -0.0359. The fourth-order valence-electron chi connectivity index (χ4n) is 1.45. The van der Waals surface area contributed by atoms with Crippen molar-refractivity contribution in [3.05, 3.63) is 34.1 Å². The lowest BCUT2D eigenvalue weighted by Gasteiger charge is -2.07. The Morgan fingerprint density at radius 3 is 2.72 bits per heavy atom. The van der Waals surface area contributed by atoms with Gasteiger partial charge in [-0.2, -0.15) is 0 Å². The van der Waals surface area contributed by atoms with E-state index in [2.05, 4.69) is 9.97 Å². The highest BCUT2D eigenvalue weighted by Crippen LogP contribution is 2.29. The molecule has 18 heavy (non-hydrogen) atoms. The number of amides is 1. The highest BCUT2D eigenvalue weighted by atomic mass is 35.5. The number of pyridine rings is 1. The van der Waals surface area contributed by atoms with Crippen LogP contribution in [0.1, 0.15) is 15.4 Å². The Morgan fingerprint density at radius 1 is 1.39 bits per heavy atom. The molecule has 2 aromatic rings. The topological polar surface area (TPSA) is 46.1 Å². The molecule has 0 bridgehead atoms. The second-order valence-electron chi connectivity index (χ2n) is 4.02. The number of rotatable bonds is 2. The van der Waals surface area contributed by atoms with E-state index in [0.29, 0.717) is 9.90 Å². The van der Waals surface area contributed by atoms with E-state index in [-0.39, 0.29) is 5.91 Å². The Morgan fingerprint density at radius 2 is 2.11 bits per heavy atom. The molecule has 2 aromatic heterocycles. The Labute approximate surface area is 114 Å². The molecule has 2 rings (SSSR count). The minimum absolute atomic E-state index is 0.0359. The summed E-state index contributed by atoms with van der Waals surface area (Å²) in [7, 11) is 3.45. The number of aromatic nitrogens is 2. The summed E-state index contributed by atoms with van der Waals surface area (Å²) in [5, 5.41) is 1.31. The van der Waals surface area contributed by atoms with E-state index < -0.39 is 0 Å². The Bertz CT molecular complexity index is 595. The number of nitrogens with zero attached hydrogens (tertiary/aromatic N) is 3. The summed E-state index contributed by atoms with van der Waals surface area (Å²) >= 11 is 7.25. The van der Waals surface area contributed by atoms with Gasteiger partial charge in [0.2, 0.25) is 0 Å². The molecule has 0 unspecified atom stereocenters. The first-order valence-electron chi connectivity index (χ1n) is 5.29. The monoisotopic (exact) mass is 281 g/mol. The predicted octanol–water partition coefficient (Wildman–Crippen LogP) is 2.87. The Hall–Kier alpha value is -1.46. The van der Waals surface area contributed by atoms with Crippen LogP contribution in [0, 0.1) is 6.92 Å². The zero-order valence-corrected chi connectivity index (χ0v) is 11.8. The van der Waals surface area contributed by atoms with E-state index in [9.17, 15) is 4.79 Å². The Balaban J connectivity index is 2.43. The van der Waals surface area contributed by atoms with Crippen LogP contribution < -0.4 is 0 Å². The molecular formula is C12H12ClN3OS. The van der Waals surface area contributed by atoms with Gasteiger partial charge >= 0.3 is 0 Å². The lowest BCUT2D eigenvalue weighted by molar-refractivity contribution is 0.0831. The smallest absolute Gasteiger partial charge is 0.265 e. The summed E-state index contributed by atoms with van der Waals surface area (Å²) < 4.78 is 0. The van der Waals surface area contributed by atoms with E-state index in [1.165, 1.54) is 11.3 Å². The van der Waals surface area contributed by atoms with Crippen LogP contribution in [0.3, 0.4) is 0 Å². The van der Waals surface area contributed by atoms with Crippen LogP contribution in [0.4, 0.5) is 0 Å². The molecule has 0 atom stereocenters. The average molecular weight is 282 g/mol. The fourth-order valence-corrected chi connectivity index (χ4v) is 2.69. The summed E-state index contributed by atoms with van der Waals surface area (Å²) in [6.45, 7) is 1.83. The first kappa shape index (κ1) is 13.0. The summed E-state index contributed by atoms with van der Waals surface area (Å²) in [5.41, 5.74) is 1.56. The number of carbonyl (C=O) groups is 1. The van der Waals surface area contributed by atoms with Crippen molar-refractivity contribution in [3.63, 3.8) is 0 Å². The molecule has 0 fully saturated rings. The first-order chi connectivity index (χ1) is 8.49. The van der Waals surface area contributed by atoms with Crippen molar-refractivity contribution in [1.29, 1.82) is 0 Å². The van der Waals surface area contributed by atoms with Crippen LogP contribution in [-0.2, 0) is 0 Å². The molecule has 2 heterocycles. The standard InChI is InChI=1S/C12H12ClN3OS/c1-7-10(12(17)16(2)3)18-11(15-7)8-4-9(13)6-14-5-8/h4-6H,1-3H3. The number of aryl methyl sites for hydroxylation is 1. The zero-order chi connectivity index (χ0) is 13.3. The molecule has 94 valence electrons. The van der Waals surface area contributed by atoms with Gasteiger partial charge in [0.05, 0.1) is 10.7 Å². The second kappa shape index (κ2) is 5.04. The van der Waals surface area contributed by atoms with Crippen LogP contribution in [0.25, 0.3) is 10.6 Å². The van der Waals surface area contributed by atoms with Crippen LogP contribution in [0.15, 0.2) is 18.5 Å². The highest BCUT2D eigenvalue weighted by molar-refractivity contribution is 7.17. The normalized spacial score (nSPS) is 10.4. The average Bonchev–Trinajstić information content (AvgIpc) is 2.70. The lowest BCUT2D eigenvalue weighted by Crippen LogP contribution is -2.21. The summed E-state index contributed by atoms with van der Waals surface area (Å²) in [6.07, 6.45) is 3.26. The molecular weight excluding hydrogens is 270 g/mol. The molecule has 0 N–H and O–H groups in total. The van der Waals surface area contributed by atoms with Gasteiger partial charge in [-0.25, -0.2) is 4.98 Å². The van der Waals surface area contributed by atoms with E-state index >= 15 is 0 Å². The van der Waals surface area contributed by atoms with Gasteiger partial charge in [-0.15, -0.1) is 11.3 Å². The molecule has 0 saturated heterocycles. The predicted molar refractivity (Wildman–Crippen MR) is 73.1 cm³/mol. The number of hydrogen-bond donors (Lipinski definition) is 0. The number of halogens is 1. The molecule has 0 spiro atoms. The third-order valence-corrected chi connectivity index (χ3v) is 3.75. The third kappa shape index (κ3) is 2.52. The third-order valence-electron chi connectivity index (χ3n) is 2.35. The van der Waals surface area contributed by atoms with Gasteiger partial charge in [0.15, 0.2) is 0 Å². The van der Waals surface area contributed by atoms with Gasteiger partial charge in [-0.1, -0.05) is 11.6 Å². The molecule has 0 aromatic carbocycles. The van der Waals surface area contributed by atoms with Gasteiger partial charge in [0.25, 0.3) is 5.91 Å². The van der Waals surface area contributed by atoms with Crippen molar-refractivity contribution >= 4 is 28.8 Å².